The first-order chi connectivity index (χ1) is 7.61. The number of benzene rings is 1. The van der Waals surface area contributed by atoms with E-state index >= 15 is 0 Å². The van der Waals surface area contributed by atoms with E-state index in [-0.39, 0.29) is 16.6 Å². The molecule has 1 aromatic heterocycles. The van der Waals surface area contributed by atoms with E-state index in [2.05, 4.69) is 6.58 Å². The second-order valence-corrected chi connectivity index (χ2v) is 3.26. The van der Waals surface area contributed by atoms with Crippen molar-refractivity contribution < 1.29 is 14.3 Å². The van der Waals surface area contributed by atoms with Crippen LogP contribution < -0.4 is 5.43 Å². The molecule has 80 valence electrons. The van der Waals surface area contributed by atoms with E-state index in [1.807, 2.05) is 0 Å². The van der Waals surface area contributed by atoms with Crippen LogP contribution in [0.4, 0.5) is 0 Å². The lowest BCUT2D eigenvalue weighted by molar-refractivity contribution is -0.130. The summed E-state index contributed by atoms with van der Waals surface area (Å²) in [4.78, 5) is 22.6. The van der Waals surface area contributed by atoms with Gasteiger partial charge in [0.05, 0.1) is 16.5 Å². The second-order valence-electron chi connectivity index (χ2n) is 3.26. The fraction of sp³-hybridized carbons (Fsp3) is 0. The van der Waals surface area contributed by atoms with E-state index in [9.17, 15) is 9.59 Å². The zero-order chi connectivity index (χ0) is 11.7. The summed E-state index contributed by atoms with van der Waals surface area (Å²) in [6, 6.07) is 6.65. The molecular formula is C12H8O4. The molecule has 1 N–H and O–H groups in total. The van der Waals surface area contributed by atoms with Crippen LogP contribution in [0.5, 0.6) is 0 Å². The van der Waals surface area contributed by atoms with Crippen LogP contribution in [0.3, 0.4) is 0 Å². The Kier molecular flexibility index (Phi) is 2.32. The Balaban J connectivity index is 2.75. The van der Waals surface area contributed by atoms with E-state index < -0.39 is 5.97 Å². The minimum atomic E-state index is -1.23. The highest BCUT2D eigenvalue weighted by atomic mass is 16.4. The van der Waals surface area contributed by atoms with Crippen molar-refractivity contribution in [1.82, 2.24) is 0 Å². The van der Waals surface area contributed by atoms with Crippen molar-refractivity contribution in [2.45, 2.75) is 0 Å². The van der Waals surface area contributed by atoms with Crippen LogP contribution in [0.25, 0.3) is 16.5 Å². The summed E-state index contributed by atoms with van der Waals surface area (Å²) in [5, 5.41) is 9.10. The van der Waals surface area contributed by atoms with Gasteiger partial charge in [0.1, 0.15) is 11.8 Å². The SMILES string of the molecule is C=C(C(=O)O)c1coc2ccccc2c1=O. The Hall–Kier alpha value is -2.36. The number of hydrogen-bond acceptors (Lipinski definition) is 3. The van der Waals surface area contributed by atoms with Crippen molar-refractivity contribution in [2.24, 2.45) is 0 Å². The van der Waals surface area contributed by atoms with Crippen molar-refractivity contribution in [3.8, 4) is 0 Å². The molecule has 16 heavy (non-hydrogen) atoms. The third-order valence-corrected chi connectivity index (χ3v) is 2.26. The Labute approximate surface area is 90.4 Å². The lowest BCUT2D eigenvalue weighted by atomic mass is 10.1. The standard InChI is InChI=1S/C12H8O4/c1-7(12(14)15)9-6-16-10-5-3-2-4-8(10)11(9)13/h2-6H,1H2,(H,14,15). The van der Waals surface area contributed by atoms with Crippen molar-refractivity contribution in [2.75, 3.05) is 0 Å². The molecule has 2 rings (SSSR count). The maximum absolute atomic E-state index is 11.9. The van der Waals surface area contributed by atoms with Gasteiger partial charge in [0, 0.05) is 0 Å². The van der Waals surface area contributed by atoms with E-state index in [1.165, 1.54) is 0 Å². The molecule has 0 atom stereocenters. The molecule has 0 saturated carbocycles. The van der Waals surface area contributed by atoms with Gasteiger partial charge < -0.3 is 9.52 Å². The molecule has 0 aliphatic heterocycles. The van der Waals surface area contributed by atoms with Gasteiger partial charge in [-0.05, 0) is 12.1 Å². The molecule has 0 aliphatic carbocycles. The van der Waals surface area contributed by atoms with E-state index in [4.69, 9.17) is 9.52 Å². The molecule has 0 amide bonds. The van der Waals surface area contributed by atoms with Crippen molar-refractivity contribution in [3.63, 3.8) is 0 Å². The number of aliphatic carboxylic acids is 1. The first kappa shape index (κ1) is 10.2. The predicted octanol–water partition coefficient (Wildman–Crippen LogP) is 1.89. The molecular weight excluding hydrogens is 208 g/mol. The van der Waals surface area contributed by atoms with Gasteiger partial charge in [0.2, 0.25) is 5.43 Å². The van der Waals surface area contributed by atoms with Gasteiger partial charge in [-0.3, -0.25) is 4.79 Å². The van der Waals surface area contributed by atoms with Gasteiger partial charge >= 0.3 is 5.97 Å². The van der Waals surface area contributed by atoms with E-state index in [1.54, 1.807) is 24.3 Å². The molecule has 1 aromatic carbocycles. The molecule has 0 fully saturated rings. The molecule has 0 spiro atoms. The minimum absolute atomic E-state index is 0.0220. The summed E-state index contributed by atoms with van der Waals surface area (Å²) in [5.41, 5.74) is -0.241. The van der Waals surface area contributed by atoms with Gasteiger partial charge in [0.25, 0.3) is 0 Å². The largest absolute Gasteiger partial charge is 0.478 e. The predicted molar refractivity (Wildman–Crippen MR) is 59.2 cm³/mol. The number of para-hydroxylation sites is 1. The van der Waals surface area contributed by atoms with Crippen LogP contribution in [0.2, 0.25) is 0 Å². The highest BCUT2D eigenvalue weighted by Crippen LogP contribution is 2.14. The molecule has 0 aliphatic rings. The van der Waals surface area contributed by atoms with Crippen LogP contribution in [0, 0.1) is 0 Å². The van der Waals surface area contributed by atoms with Crippen molar-refractivity contribution in [3.05, 3.63) is 52.9 Å². The number of rotatable bonds is 2. The molecule has 0 unspecified atom stereocenters. The summed E-state index contributed by atoms with van der Waals surface area (Å²) in [6.07, 6.45) is 1.13. The summed E-state index contributed by atoms with van der Waals surface area (Å²) >= 11 is 0. The zero-order valence-electron chi connectivity index (χ0n) is 8.27. The third kappa shape index (κ3) is 1.50. The summed E-state index contributed by atoms with van der Waals surface area (Å²) in [7, 11) is 0. The molecule has 1 heterocycles. The lowest BCUT2D eigenvalue weighted by Gasteiger charge is -2.01. The Bertz CT molecular complexity index is 637. The smallest absolute Gasteiger partial charge is 0.335 e. The Morgan fingerprint density at radius 2 is 2.00 bits per heavy atom. The van der Waals surface area contributed by atoms with Crippen LogP contribution in [-0.2, 0) is 4.79 Å². The Morgan fingerprint density at radius 1 is 1.31 bits per heavy atom. The monoisotopic (exact) mass is 216 g/mol. The summed E-state index contributed by atoms with van der Waals surface area (Å²) < 4.78 is 5.17. The number of hydrogen-bond donors (Lipinski definition) is 1. The van der Waals surface area contributed by atoms with Crippen LogP contribution in [0.15, 0.2) is 46.3 Å². The number of carboxylic acid groups (broad SMARTS) is 1. The third-order valence-electron chi connectivity index (χ3n) is 2.26. The van der Waals surface area contributed by atoms with Gasteiger partial charge in [-0.25, -0.2) is 4.79 Å². The average Bonchev–Trinajstić information content (AvgIpc) is 2.29. The minimum Gasteiger partial charge on any atom is -0.478 e. The number of carboxylic acids is 1. The number of carbonyl (C=O) groups is 1. The highest BCUT2D eigenvalue weighted by molar-refractivity contribution is 6.14. The molecule has 0 saturated heterocycles. The lowest BCUT2D eigenvalue weighted by Crippen LogP contribution is -2.11. The summed E-state index contributed by atoms with van der Waals surface area (Å²) in [6.45, 7) is 3.33. The average molecular weight is 216 g/mol. The first-order valence-electron chi connectivity index (χ1n) is 4.54. The normalized spacial score (nSPS) is 10.2. The second kappa shape index (κ2) is 3.66. The van der Waals surface area contributed by atoms with E-state index in [0.29, 0.717) is 11.0 Å². The fourth-order valence-corrected chi connectivity index (χ4v) is 1.40. The quantitative estimate of drug-likeness (QED) is 0.778. The molecule has 0 bridgehead atoms. The first-order valence-corrected chi connectivity index (χ1v) is 4.54. The summed E-state index contributed by atoms with van der Waals surface area (Å²) in [5.74, 6) is -1.23. The van der Waals surface area contributed by atoms with Crippen LogP contribution in [-0.4, -0.2) is 11.1 Å². The Morgan fingerprint density at radius 3 is 2.69 bits per heavy atom. The topological polar surface area (TPSA) is 67.5 Å². The molecule has 4 nitrogen and oxygen atoms in total. The molecule has 4 heteroatoms. The zero-order valence-corrected chi connectivity index (χ0v) is 8.27. The van der Waals surface area contributed by atoms with Crippen molar-refractivity contribution >= 4 is 22.5 Å². The van der Waals surface area contributed by atoms with Crippen LogP contribution >= 0.6 is 0 Å². The highest BCUT2D eigenvalue weighted by Gasteiger charge is 2.14. The van der Waals surface area contributed by atoms with E-state index in [0.717, 1.165) is 6.26 Å². The van der Waals surface area contributed by atoms with Gasteiger partial charge in [-0.2, -0.15) is 0 Å². The van der Waals surface area contributed by atoms with Gasteiger partial charge in [0.15, 0.2) is 0 Å². The van der Waals surface area contributed by atoms with Gasteiger partial charge in [-0.15, -0.1) is 0 Å². The maximum atomic E-state index is 11.9. The van der Waals surface area contributed by atoms with Crippen LogP contribution in [0.1, 0.15) is 5.56 Å². The molecule has 2 aromatic rings. The number of fused-ring (bicyclic) bond motifs is 1. The maximum Gasteiger partial charge on any atom is 0.335 e. The van der Waals surface area contributed by atoms with Gasteiger partial charge in [-0.1, -0.05) is 18.7 Å². The van der Waals surface area contributed by atoms with Crippen molar-refractivity contribution in [1.29, 1.82) is 0 Å². The molecule has 0 radical (unpaired) electrons. The fourth-order valence-electron chi connectivity index (χ4n) is 1.40.